The largest absolute Gasteiger partial charge is 0.340 e. The zero-order valence-corrected chi connectivity index (χ0v) is 19.9. The molecule has 2 heterocycles. The molecule has 0 radical (unpaired) electrons. The third kappa shape index (κ3) is 5.18. The maximum Gasteiger partial charge on any atom is 0.239 e. The van der Waals surface area contributed by atoms with Gasteiger partial charge in [0, 0.05) is 29.4 Å². The van der Waals surface area contributed by atoms with E-state index in [0.29, 0.717) is 36.3 Å². The molecule has 174 valence electrons. The molecule has 1 aromatic heterocycles. The fourth-order valence-corrected chi connectivity index (χ4v) is 4.30. The number of benzene rings is 2. The molecule has 5 rings (SSSR count). The van der Waals surface area contributed by atoms with Gasteiger partial charge in [-0.1, -0.05) is 24.4 Å². The molecular weight excluding hydrogens is 461 g/mol. The Labute approximate surface area is 204 Å². The van der Waals surface area contributed by atoms with Crippen molar-refractivity contribution in [2.75, 3.05) is 11.9 Å². The molecule has 3 N–H and O–H groups in total. The molecule has 0 saturated heterocycles. The van der Waals surface area contributed by atoms with Crippen LogP contribution in [0, 0.1) is 11.7 Å². The van der Waals surface area contributed by atoms with Crippen molar-refractivity contribution in [3.63, 3.8) is 0 Å². The van der Waals surface area contributed by atoms with Gasteiger partial charge in [0.25, 0.3) is 0 Å². The second kappa shape index (κ2) is 9.75. The number of hydrogen-bond donors (Lipinski definition) is 2. The van der Waals surface area contributed by atoms with Crippen LogP contribution in [0.1, 0.15) is 25.1 Å². The lowest BCUT2D eigenvalue weighted by Crippen LogP contribution is -2.47. The zero-order valence-electron chi connectivity index (χ0n) is 18.1. The van der Waals surface area contributed by atoms with E-state index in [1.165, 1.54) is 25.0 Å². The third-order valence-corrected chi connectivity index (χ3v) is 6.36. The summed E-state index contributed by atoms with van der Waals surface area (Å²) < 4.78 is 15.6. The number of carbonyl (C=O) groups excluding carboxylic acids is 1. The average Bonchev–Trinajstić information content (AvgIpc) is 3.54. The van der Waals surface area contributed by atoms with Gasteiger partial charge in [-0.15, -0.1) is 0 Å². The number of hydrogen-bond acceptors (Lipinski definition) is 4. The molecule has 1 aliphatic heterocycles. The van der Waals surface area contributed by atoms with E-state index >= 15 is 0 Å². The van der Waals surface area contributed by atoms with Crippen LogP contribution in [-0.2, 0) is 17.9 Å². The maximum absolute atomic E-state index is 13.5. The van der Waals surface area contributed by atoms with Crippen molar-refractivity contribution in [1.82, 2.24) is 14.5 Å². The third-order valence-electron chi connectivity index (χ3n) is 6.11. The molecule has 33 heavy (non-hydrogen) atoms. The van der Waals surface area contributed by atoms with E-state index in [4.69, 9.17) is 22.3 Å². The van der Waals surface area contributed by atoms with Gasteiger partial charge in [-0.2, -0.15) is 13.5 Å². The predicted molar refractivity (Wildman–Crippen MR) is 133 cm³/mol. The number of nitrogens with two attached hydrogens (primary N) is 1. The van der Waals surface area contributed by atoms with Crippen LogP contribution in [0.4, 0.5) is 15.9 Å². The van der Waals surface area contributed by atoms with E-state index in [2.05, 4.69) is 9.88 Å². The van der Waals surface area contributed by atoms with Crippen molar-refractivity contribution in [2.24, 2.45) is 11.7 Å². The first-order chi connectivity index (χ1) is 15.5. The predicted octanol–water partition coefficient (Wildman–Crippen LogP) is 4.67. The summed E-state index contributed by atoms with van der Waals surface area (Å²) in [6, 6.07) is 13.2. The van der Waals surface area contributed by atoms with E-state index in [9.17, 15) is 9.18 Å². The van der Waals surface area contributed by atoms with Crippen molar-refractivity contribution < 1.29 is 9.18 Å². The quantitative estimate of drug-likeness (QED) is 0.529. The van der Waals surface area contributed by atoms with Gasteiger partial charge in [0.15, 0.2) is 0 Å². The van der Waals surface area contributed by atoms with E-state index in [0.717, 1.165) is 29.3 Å². The van der Waals surface area contributed by atoms with Gasteiger partial charge >= 0.3 is 0 Å². The van der Waals surface area contributed by atoms with Crippen LogP contribution in [0.25, 0.3) is 11.3 Å². The first kappa shape index (κ1) is 23.6. The Kier molecular flexibility index (Phi) is 6.97. The Balaban J connectivity index is 0.00000259. The Morgan fingerprint density at radius 1 is 1.15 bits per heavy atom. The number of fused-ring (bicyclic) bond motifs is 1. The lowest BCUT2D eigenvalue weighted by Gasteiger charge is -2.30. The Bertz CT molecular complexity index is 1130. The second-order valence-corrected chi connectivity index (χ2v) is 9.00. The molecule has 6 nitrogen and oxygen atoms in total. The smallest absolute Gasteiger partial charge is 0.239 e. The number of aromatic nitrogens is 2. The molecular formula is C24H27ClFN5OS. The van der Waals surface area contributed by atoms with Gasteiger partial charge in [-0.25, -0.2) is 9.37 Å². The molecule has 3 aromatic rings. The summed E-state index contributed by atoms with van der Waals surface area (Å²) in [5, 5.41) is 4.10. The SMILES string of the molecule is N[C@@H](CC1CC1)C(=O)N1CCn2c(nc(-c3ccc(F)cc3)c2Nc2ccc(Cl)cc2)C1.S. The minimum absolute atomic E-state index is 0. The number of nitrogens with one attached hydrogen (secondary N) is 1. The van der Waals surface area contributed by atoms with Gasteiger partial charge in [0.2, 0.25) is 5.91 Å². The molecule has 9 heteroatoms. The van der Waals surface area contributed by atoms with Crippen LogP contribution >= 0.6 is 25.1 Å². The molecule has 1 amide bonds. The van der Waals surface area contributed by atoms with E-state index in [-0.39, 0.29) is 25.2 Å². The topological polar surface area (TPSA) is 76.2 Å². The molecule has 2 aromatic carbocycles. The summed E-state index contributed by atoms with van der Waals surface area (Å²) in [6.45, 7) is 1.56. The summed E-state index contributed by atoms with van der Waals surface area (Å²) in [6.07, 6.45) is 3.10. The van der Waals surface area contributed by atoms with Crippen LogP contribution in [0.2, 0.25) is 5.02 Å². The van der Waals surface area contributed by atoms with Gasteiger partial charge in [0.1, 0.15) is 23.2 Å². The molecule has 0 bridgehead atoms. The number of imidazole rings is 1. The Morgan fingerprint density at radius 2 is 1.85 bits per heavy atom. The highest BCUT2D eigenvalue weighted by Gasteiger charge is 2.32. The number of carbonyl (C=O) groups is 1. The summed E-state index contributed by atoms with van der Waals surface area (Å²) in [5.41, 5.74) is 8.57. The standard InChI is InChI=1S/C24H25ClFN5O.H2S/c25-17-5-9-19(10-6-17)28-23-22(16-3-7-18(26)8-4-16)29-21-14-30(11-12-31(21)23)24(32)20(27)13-15-1-2-15;/h3-10,15,20,28H,1-2,11-14,27H2;1H2/t20-;/m0./s1. The average molecular weight is 488 g/mol. The van der Waals surface area contributed by atoms with Crippen LogP contribution in [0.5, 0.6) is 0 Å². The fraction of sp³-hybridized carbons (Fsp3) is 0.333. The van der Waals surface area contributed by atoms with E-state index in [1.54, 1.807) is 17.0 Å². The van der Waals surface area contributed by atoms with Gasteiger partial charge in [-0.3, -0.25) is 4.79 Å². The van der Waals surface area contributed by atoms with Crippen LogP contribution < -0.4 is 11.1 Å². The molecule has 1 aliphatic carbocycles. The van der Waals surface area contributed by atoms with Crippen molar-refractivity contribution >= 4 is 42.5 Å². The highest BCUT2D eigenvalue weighted by molar-refractivity contribution is 7.59. The summed E-state index contributed by atoms with van der Waals surface area (Å²) in [4.78, 5) is 19.5. The zero-order chi connectivity index (χ0) is 22.2. The monoisotopic (exact) mass is 487 g/mol. The Morgan fingerprint density at radius 3 is 2.52 bits per heavy atom. The number of rotatable bonds is 6. The normalized spacial score (nSPS) is 16.0. The van der Waals surface area contributed by atoms with Crippen LogP contribution in [0.3, 0.4) is 0 Å². The Hall–Kier alpha value is -2.55. The summed E-state index contributed by atoms with van der Waals surface area (Å²) in [5.74, 6) is 1.87. The lowest BCUT2D eigenvalue weighted by atomic mass is 10.1. The minimum atomic E-state index is -0.452. The molecule has 2 aliphatic rings. The van der Waals surface area contributed by atoms with Crippen molar-refractivity contribution in [3.05, 3.63) is 65.2 Å². The number of anilines is 2. The first-order valence-corrected chi connectivity index (χ1v) is 11.3. The van der Waals surface area contributed by atoms with Gasteiger partial charge in [0.05, 0.1) is 12.6 Å². The van der Waals surface area contributed by atoms with Crippen LogP contribution in [0.15, 0.2) is 48.5 Å². The molecule has 1 saturated carbocycles. The van der Waals surface area contributed by atoms with E-state index in [1.807, 2.05) is 24.3 Å². The van der Waals surface area contributed by atoms with Gasteiger partial charge in [-0.05, 0) is 60.9 Å². The second-order valence-electron chi connectivity index (χ2n) is 8.56. The fourth-order valence-electron chi connectivity index (χ4n) is 4.17. The first-order valence-electron chi connectivity index (χ1n) is 10.9. The molecule has 1 fully saturated rings. The molecule has 0 spiro atoms. The van der Waals surface area contributed by atoms with Crippen molar-refractivity contribution in [3.8, 4) is 11.3 Å². The summed E-state index contributed by atoms with van der Waals surface area (Å²) in [7, 11) is 0. The lowest BCUT2D eigenvalue weighted by molar-refractivity contribution is -0.134. The highest BCUT2D eigenvalue weighted by Crippen LogP contribution is 2.35. The van der Waals surface area contributed by atoms with Crippen molar-refractivity contribution in [2.45, 2.75) is 38.4 Å². The number of halogens is 2. The maximum atomic E-state index is 13.5. The number of nitrogens with zero attached hydrogens (tertiary/aromatic N) is 3. The van der Waals surface area contributed by atoms with E-state index < -0.39 is 6.04 Å². The summed E-state index contributed by atoms with van der Waals surface area (Å²) >= 11 is 6.03. The van der Waals surface area contributed by atoms with Crippen LogP contribution in [-0.4, -0.2) is 32.9 Å². The highest BCUT2D eigenvalue weighted by atomic mass is 35.5. The van der Waals surface area contributed by atoms with Gasteiger partial charge < -0.3 is 20.5 Å². The molecule has 0 unspecified atom stereocenters. The van der Waals surface area contributed by atoms with Crippen molar-refractivity contribution in [1.29, 1.82) is 0 Å². The number of amides is 1. The minimum Gasteiger partial charge on any atom is -0.340 e. The molecule has 1 atom stereocenters.